The van der Waals surface area contributed by atoms with Crippen LogP contribution in [0.2, 0.25) is 0 Å². The van der Waals surface area contributed by atoms with Gasteiger partial charge in [0.25, 0.3) is 0 Å². The van der Waals surface area contributed by atoms with E-state index in [1.54, 1.807) is 4.68 Å². The average molecular weight is 318 g/mol. The predicted molar refractivity (Wildman–Crippen MR) is 63.7 cm³/mol. The maximum atomic E-state index is 3.92. The van der Waals surface area contributed by atoms with Gasteiger partial charge in [0.2, 0.25) is 5.16 Å². The van der Waals surface area contributed by atoms with Crippen molar-refractivity contribution in [3.63, 3.8) is 0 Å². The predicted octanol–water partition coefficient (Wildman–Crippen LogP) is 1.99. The molecular weight excluding hydrogens is 311 g/mol. The van der Waals surface area contributed by atoms with E-state index < -0.39 is 0 Å². The van der Waals surface area contributed by atoms with Crippen molar-refractivity contribution in [1.29, 1.82) is 0 Å². The summed E-state index contributed by atoms with van der Waals surface area (Å²) in [4.78, 5) is 0. The van der Waals surface area contributed by atoms with E-state index in [9.17, 15) is 0 Å². The highest BCUT2D eigenvalue weighted by atomic mass is 127. The molecule has 0 N–H and O–H groups in total. The first-order chi connectivity index (χ1) is 6.81. The molecule has 0 saturated carbocycles. The molecule has 4 nitrogen and oxygen atoms in total. The molecule has 0 unspecified atom stereocenters. The standard InChI is InChI=1S/C8H7IN4S/c1-14-8-10-11-12-13(8)7-4-2-6(9)3-5-7/h2-5H,1H3. The number of halogens is 1. The van der Waals surface area contributed by atoms with Crippen LogP contribution >= 0.6 is 34.4 Å². The Kier molecular flexibility index (Phi) is 3.02. The zero-order valence-corrected chi connectivity index (χ0v) is 10.4. The Hall–Kier alpha value is -0.630. The van der Waals surface area contributed by atoms with E-state index >= 15 is 0 Å². The molecule has 0 atom stereocenters. The molecule has 0 aliphatic carbocycles. The Morgan fingerprint density at radius 1 is 1.29 bits per heavy atom. The van der Waals surface area contributed by atoms with E-state index in [0.717, 1.165) is 10.8 Å². The topological polar surface area (TPSA) is 43.6 Å². The van der Waals surface area contributed by atoms with Crippen molar-refractivity contribution in [3.8, 4) is 5.69 Å². The minimum Gasteiger partial charge on any atom is -0.188 e. The van der Waals surface area contributed by atoms with Crippen molar-refractivity contribution in [3.05, 3.63) is 27.8 Å². The van der Waals surface area contributed by atoms with Crippen LogP contribution in [-0.2, 0) is 0 Å². The summed E-state index contributed by atoms with van der Waals surface area (Å²) in [6, 6.07) is 8.05. The van der Waals surface area contributed by atoms with Gasteiger partial charge in [-0.2, -0.15) is 4.68 Å². The quantitative estimate of drug-likeness (QED) is 0.627. The number of rotatable bonds is 2. The summed E-state index contributed by atoms with van der Waals surface area (Å²) in [5, 5.41) is 12.2. The van der Waals surface area contributed by atoms with E-state index in [4.69, 9.17) is 0 Å². The van der Waals surface area contributed by atoms with Crippen LogP contribution < -0.4 is 0 Å². The summed E-state index contributed by atoms with van der Waals surface area (Å²) in [5.74, 6) is 0. The van der Waals surface area contributed by atoms with Crippen molar-refractivity contribution in [2.45, 2.75) is 5.16 Å². The summed E-state index contributed by atoms with van der Waals surface area (Å²) in [6.45, 7) is 0. The summed E-state index contributed by atoms with van der Waals surface area (Å²) >= 11 is 3.79. The number of tetrazole rings is 1. The Bertz CT molecular complexity index is 425. The fourth-order valence-corrected chi connectivity index (χ4v) is 1.84. The maximum Gasteiger partial charge on any atom is 0.213 e. The monoisotopic (exact) mass is 318 g/mol. The molecule has 1 heterocycles. The zero-order chi connectivity index (χ0) is 9.97. The third kappa shape index (κ3) is 1.90. The molecule has 0 bridgehead atoms. The highest BCUT2D eigenvalue weighted by Gasteiger charge is 2.05. The van der Waals surface area contributed by atoms with Crippen LogP contribution in [-0.4, -0.2) is 26.5 Å². The molecule has 0 aliphatic rings. The Labute approximate surface area is 99.2 Å². The number of hydrogen-bond donors (Lipinski definition) is 0. The molecule has 0 spiro atoms. The van der Waals surface area contributed by atoms with Crippen LogP contribution in [0.4, 0.5) is 0 Å². The minimum absolute atomic E-state index is 0.797. The molecule has 6 heteroatoms. The second kappa shape index (κ2) is 4.26. The van der Waals surface area contributed by atoms with Crippen LogP contribution in [0.5, 0.6) is 0 Å². The lowest BCUT2D eigenvalue weighted by Crippen LogP contribution is -1.98. The largest absolute Gasteiger partial charge is 0.213 e. The first kappa shape index (κ1) is 9.91. The van der Waals surface area contributed by atoms with Gasteiger partial charge >= 0.3 is 0 Å². The molecule has 0 radical (unpaired) electrons. The second-order valence-corrected chi connectivity index (χ2v) is 4.57. The molecule has 1 aromatic heterocycles. The van der Waals surface area contributed by atoms with Crippen molar-refractivity contribution in [2.24, 2.45) is 0 Å². The van der Waals surface area contributed by atoms with Crippen LogP contribution in [0.3, 0.4) is 0 Å². The zero-order valence-electron chi connectivity index (χ0n) is 7.38. The fourth-order valence-electron chi connectivity index (χ4n) is 1.05. The van der Waals surface area contributed by atoms with Gasteiger partial charge in [0.1, 0.15) is 0 Å². The van der Waals surface area contributed by atoms with Crippen LogP contribution in [0, 0.1) is 3.57 Å². The summed E-state index contributed by atoms with van der Waals surface area (Å²) in [6.07, 6.45) is 1.95. The van der Waals surface area contributed by atoms with Gasteiger partial charge in [-0.1, -0.05) is 11.8 Å². The van der Waals surface area contributed by atoms with E-state index in [-0.39, 0.29) is 0 Å². The summed E-state index contributed by atoms with van der Waals surface area (Å²) < 4.78 is 2.92. The van der Waals surface area contributed by atoms with Gasteiger partial charge in [-0.15, -0.1) is 5.10 Å². The first-order valence-corrected chi connectivity index (χ1v) is 6.20. The number of nitrogens with zero attached hydrogens (tertiary/aromatic N) is 4. The molecule has 2 aromatic rings. The fraction of sp³-hybridized carbons (Fsp3) is 0.125. The number of thioether (sulfide) groups is 1. The van der Waals surface area contributed by atoms with Gasteiger partial charge < -0.3 is 0 Å². The molecule has 0 saturated heterocycles. The minimum atomic E-state index is 0.797. The number of benzene rings is 1. The van der Waals surface area contributed by atoms with E-state index in [2.05, 4.69) is 38.1 Å². The average Bonchev–Trinajstić information content (AvgIpc) is 2.67. The van der Waals surface area contributed by atoms with Gasteiger partial charge in [0.15, 0.2) is 0 Å². The Morgan fingerprint density at radius 2 is 2.00 bits per heavy atom. The molecule has 0 aliphatic heterocycles. The first-order valence-electron chi connectivity index (χ1n) is 3.89. The lowest BCUT2D eigenvalue weighted by molar-refractivity contribution is 0.757. The normalized spacial score (nSPS) is 10.4. The molecule has 14 heavy (non-hydrogen) atoms. The van der Waals surface area contributed by atoms with Crippen molar-refractivity contribution < 1.29 is 0 Å². The van der Waals surface area contributed by atoms with E-state index in [0.29, 0.717) is 0 Å². The lowest BCUT2D eigenvalue weighted by Gasteiger charge is -2.01. The Balaban J connectivity index is 2.44. The van der Waals surface area contributed by atoms with Crippen molar-refractivity contribution in [1.82, 2.24) is 20.2 Å². The third-order valence-corrected chi connectivity index (χ3v) is 3.03. The van der Waals surface area contributed by atoms with Crippen LogP contribution in [0.25, 0.3) is 5.69 Å². The Morgan fingerprint density at radius 3 is 2.64 bits per heavy atom. The van der Waals surface area contributed by atoms with Gasteiger partial charge in [-0.25, -0.2) is 0 Å². The second-order valence-electron chi connectivity index (χ2n) is 2.55. The molecule has 1 aromatic carbocycles. The highest BCUT2D eigenvalue weighted by molar-refractivity contribution is 14.1. The third-order valence-electron chi connectivity index (χ3n) is 1.69. The SMILES string of the molecule is CSc1nnnn1-c1ccc(I)cc1. The van der Waals surface area contributed by atoms with Crippen LogP contribution in [0.15, 0.2) is 29.4 Å². The highest BCUT2D eigenvalue weighted by Crippen LogP contribution is 2.16. The molecular formula is C8H7IN4S. The van der Waals surface area contributed by atoms with E-state index in [1.165, 1.54) is 15.3 Å². The van der Waals surface area contributed by atoms with Gasteiger partial charge in [-0.05, 0) is 63.5 Å². The van der Waals surface area contributed by atoms with Gasteiger partial charge in [0, 0.05) is 3.57 Å². The molecule has 2 rings (SSSR count). The number of hydrogen-bond acceptors (Lipinski definition) is 4. The maximum absolute atomic E-state index is 3.92. The number of aromatic nitrogens is 4. The van der Waals surface area contributed by atoms with Gasteiger partial charge in [-0.3, -0.25) is 0 Å². The van der Waals surface area contributed by atoms with Gasteiger partial charge in [0.05, 0.1) is 5.69 Å². The smallest absolute Gasteiger partial charge is 0.188 e. The molecule has 72 valence electrons. The van der Waals surface area contributed by atoms with Crippen LogP contribution in [0.1, 0.15) is 0 Å². The molecule has 0 amide bonds. The summed E-state index contributed by atoms with van der Waals surface area (Å²) in [5.41, 5.74) is 0.986. The van der Waals surface area contributed by atoms with E-state index in [1.807, 2.05) is 30.5 Å². The van der Waals surface area contributed by atoms with Crippen molar-refractivity contribution in [2.75, 3.05) is 6.26 Å². The lowest BCUT2D eigenvalue weighted by atomic mass is 10.3. The molecule has 0 fully saturated rings. The van der Waals surface area contributed by atoms with Crippen molar-refractivity contribution >= 4 is 34.4 Å². The summed E-state index contributed by atoms with van der Waals surface area (Å²) in [7, 11) is 0.